The normalized spacial score (nSPS) is 30.9. The highest BCUT2D eigenvalue weighted by atomic mass is 32.1. The van der Waals surface area contributed by atoms with E-state index in [0.29, 0.717) is 11.9 Å². The van der Waals surface area contributed by atoms with Crippen LogP contribution in [-0.4, -0.2) is 53.7 Å². The quantitative estimate of drug-likeness (QED) is 0.786. The van der Waals surface area contributed by atoms with Gasteiger partial charge in [-0.25, -0.2) is 0 Å². The second-order valence-electron chi connectivity index (χ2n) is 6.36. The molecule has 0 N–H and O–H groups in total. The van der Waals surface area contributed by atoms with Gasteiger partial charge in [-0.2, -0.15) is 12.6 Å². The second kappa shape index (κ2) is 5.04. The molecule has 1 unspecified atom stereocenters. The van der Waals surface area contributed by atoms with E-state index in [9.17, 15) is 4.79 Å². The van der Waals surface area contributed by atoms with Crippen LogP contribution in [0.3, 0.4) is 0 Å². The molecule has 2 aliphatic heterocycles. The Balaban J connectivity index is 1.50. The number of likely N-dealkylation sites (tertiary alicyclic amines) is 2. The van der Waals surface area contributed by atoms with Gasteiger partial charge in [-0.3, -0.25) is 9.69 Å². The lowest BCUT2D eigenvalue weighted by atomic mass is 10.0. The van der Waals surface area contributed by atoms with E-state index in [1.165, 1.54) is 45.2 Å². The lowest BCUT2D eigenvalue weighted by Crippen LogP contribution is -2.37. The summed E-state index contributed by atoms with van der Waals surface area (Å²) in [6.07, 6.45) is 7.00. The predicted octanol–water partition coefficient (Wildman–Crippen LogP) is 1.78. The molecule has 18 heavy (non-hydrogen) atoms. The van der Waals surface area contributed by atoms with E-state index < -0.39 is 0 Å². The highest BCUT2D eigenvalue weighted by molar-refractivity contribution is 7.80. The molecule has 3 rings (SSSR count). The van der Waals surface area contributed by atoms with E-state index in [0.717, 1.165) is 25.3 Å². The van der Waals surface area contributed by atoms with Gasteiger partial charge in [0.25, 0.3) is 0 Å². The highest BCUT2D eigenvalue weighted by Gasteiger charge is 2.44. The number of hydrogen-bond acceptors (Lipinski definition) is 3. The number of carbonyl (C=O) groups excluding carboxylic acids is 1. The number of amides is 1. The zero-order chi connectivity index (χ0) is 12.6. The molecule has 3 nitrogen and oxygen atoms in total. The average molecular weight is 268 g/mol. The molecular weight excluding hydrogens is 244 g/mol. The van der Waals surface area contributed by atoms with Crippen LogP contribution in [-0.2, 0) is 4.79 Å². The summed E-state index contributed by atoms with van der Waals surface area (Å²) in [5, 5.41) is 0. The monoisotopic (exact) mass is 268 g/mol. The second-order valence-corrected chi connectivity index (χ2v) is 6.68. The number of hydrogen-bond donors (Lipinski definition) is 1. The third-order valence-corrected chi connectivity index (χ3v) is 5.66. The summed E-state index contributed by atoms with van der Waals surface area (Å²) in [6.45, 7) is 4.44. The average Bonchev–Trinajstić information content (AvgIpc) is 2.87. The fourth-order valence-corrected chi connectivity index (χ4v) is 3.80. The SMILES string of the molecule is O=C(CC1(CS)CC1)N1CCC(N2CCCC2)C1. The van der Waals surface area contributed by atoms with Gasteiger partial charge < -0.3 is 4.90 Å². The maximum Gasteiger partial charge on any atom is 0.223 e. The molecular formula is C14H24N2OS. The van der Waals surface area contributed by atoms with Crippen LogP contribution in [0.2, 0.25) is 0 Å². The fourth-order valence-electron chi connectivity index (χ4n) is 3.37. The van der Waals surface area contributed by atoms with Crippen LogP contribution in [0.4, 0.5) is 0 Å². The molecule has 1 saturated carbocycles. The molecule has 1 amide bonds. The van der Waals surface area contributed by atoms with Crippen LogP contribution in [0.25, 0.3) is 0 Å². The Morgan fingerprint density at radius 1 is 1.22 bits per heavy atom. The van der Waals surface area contributed by atoms with E-state index in [1.807, 2.05) is 0 Å². The van der Waals surface area contributed by atoms with Crippen molar-refractivity contribution in [3.05, 3.63) is 0 Å². The third kappa shape index (κ3) is 2.55. The minimum Gasteiger partial charge on any atom is -0.341 e. The molecule has 0 aromatic carbocycles. The van der Waals surface area contributed by atoms with Crippen molar-refractivity contribution in [2.75, 3.05) is 31.9 Å². The molecule has 0 aromatic rings. The predicted molar refractivity (Wildman–Crippen MR) is 75.9 cm³/mol. The summed E-state index contributed by atoms with van der Waals surface area (Å²) in [6, 6.07) is 0.641. The lowest BCUT2D eigenvalue weighted by Gasteiger charge is -2.24. The van der Waals surface area contributed by atoms with Crippen molar-refractivity contribution in [2.24, 2.45) is 5.41 Å². The van der Waals surface area contributed by atoms with E-state index in [1.54, 1.807) is 0 Å². The molecule has 0 bridgehead atoms. The van der Waals surface area contributed by atoms with E-state index in [2.05, 4.69) is 22.4 Å². The summed E-state index contributed by atoms with van der Waals surface area (Å²) in [4.78, 5) is 17.0. The third-order valence-electron chi connectivity index (χ3n) is 4.99. The summed E-state index contributed by atoms with van der Waals surface area (Å²) in [7, 11) is 0. The first-order valence-corrected chi connectivity index (χ1v) is 7.98. The molecule has 1 aliphatic carbocycles. The minimum atomic E-state index is 0.270. The summed E-state index contributed by atoms with van der Waals surface area (Å²) in [5.41, 5.74) is 0.270. The molecule has 2 heterocycles. The molecule has 0 radical (unpaired) electrons. The molecule has 0 aromatic heterocycles. The standard InChI is InChI=1S/C14H24N2OS/c17-13(9-14(11-18)4-5-14)16-8-3-12(10-16)15-6-1-2-7-15/h12,18H,1-11H2. The van der Waals surface area contributed by atoms with Crippen molar-refractivity contribution in [2.45, 2.75) is 44.6 Å². The van der Waals surface area contributed by atoms with Crippen molar-refractivity contribution < 1.29 is 4.79 Å². The van der Waals surface area contributed by atoms with Gasteiger partial charge in [-0.05, 0) is 56.4 Å². The van der Waals surface area contributed by atoms with E-state index in [4.69, 9.17) is 0 Å². The van der Waals surface area contributed by atoms with Crippen LogP contribution >= 0.6 is 12.6 Å². The van der Waals surface area contributed by atoms with Crippen LogP contribution in [0, 0.1) is 5.41 Å². The van der Waals surface area contributed by atoms with Crippen LogP contribution in [0.5, 0.6) is 0 Å². The van der Waals surface area contributed by atoms with Crippen molar-refractivity contribution >= 4 is 18.5 Å². The molecule has 2 saturated heterocycles. The Morgan fingerprint density at radius 2 is 1.94 bits per heavy atom. The number of nitrogens with zero attached hydrogens (tertiary/aromatic N) is 2. The summed E-state index contributed by atoms with van der Waals surface area (Å²) >= 11 is 4.39. The van der Waals surface area contributed by atoms with Crippen molar-refractivity contribution in [1.82, 2.24) is 9.80 Å². The van der Waals surface area contributed by atoms with Gasteiger partial charge in [0.1, 0.15) is 0 Å². The van der Waals surface area contributed by atoms with Crippen LogP contribution < -0.4 is 0 Å². The Morgan fingerprint density at radius 3 is 2.56 bits per heavy atom. The topological polar surface area (TPSA) is 23.6 Å². The maximum atomic E-state index is 12.3. The minimum absolute atomic E-state index is 0.270. The Labute approximate surface area is 115 Å². The lowest BCUT2D eigenvalue weighted by molar-refractivity contribution is -0.131. The van der Waals surface area contributed by atoms with Gasteiger partial charge in [0.05, 0.1) is 0 Å². The summed E-state index contributed by atoms with van der Waals surface area (Å²) < 4.78 is 0. The largest absolute Gasteiger partial charge is 0.341 e. The Kier molecular flexibility index (Phi) is 3.59. The van der Waals surface area contributed by atoms with Gasteiger partial charge in [-0.15, -0.1) is 0 Å². The van der Waals surface area contributed by atoms with Crippen LogP contribution in [0.15, 0.2) is 0 Å². The number of thiol groups is 1. The van der Waals surface area contributed by atoms with Crippen molar-refractivity contribution in [3.63, 3.8) is 0 Å². The first kappa shape index (κ1) is 12.8. The smallest absolute Gasteiger partial charge is 0.223 e. The number of carbonyl (C=O) groups is 1. The van der Waals surface area contributed by atoms with Crippen molar-refractivity contribution in [1.29, 1.82) is 0 Å². The van der Waals surface area contributed by atoms with Gasteiger partial charge in [0, 0.05) is 25.6 Å². The molecule has 102 valence electrons. The zero-order valence-electron chi connectivity index (χ0n) is 11.1. The fraction of sp³-hybridized carbons (Fsp3) is 0.929. The van der Waals surface area contributed by atoms with E-state index >= 15 is 0 Å². The van der Waals surface area contributed by atoms with Gasteiger partial charge in [0.2, 0.25) is 5.91 Å². The molecule has 4 heteroatoms. The first-order valence-electron chi connectivity index (χ1n) is 7.35. The summed E-state index contributed by atoms with van der Waals surface area (Å²) in [5.74, 6) is 1.26. The molecule has 3 fully saturated rings. The molecule has 0 spiro atoms. The molecule has 3 aliphatic rings. The highest BCUT2D eigenvalue weighted by Crippen LogP contribution is 2.50. The van der Waals surface area contributed by atoms with Gasteiger partial charge in [0.15, 0.2) is 0 Å². The van der Waals surface area contributed by atoms with E-state index in [-0.39, 0.29) is 5.41 Å². The van der Waals surface area contributed by atoms with Crippen LogP contribution in [0.1, 0.15) is 38.5 Å². The first-order chi connectivity index (χ1) is 8.72. The number of rotatable bonds is 4. The van der Waals surface area contributed by atoms with Gasteiger partial charge >= 0.3 is 0 Å². The Bertz CT molecular complexity index is 324. The van der Waals surface area contributed by atoms with Gasteiger partial charge in [-0.1, -0.05) is 0 Å². The van der Waals surface area contributed by atoms with Crippen molar-refractivity contribution in [3.8, 4) is 0 Å². The Hall–Kier alpha value is -0.220. The zero-order valence-corrected chi connectivity index (χ0v) is 12.0. The molecule has 1 atom stereocenters. The maximum absolute atomic E-state index is 12.3.